The summed E-state index contributed by atoms with van der Waals surface area (Å²) in [6, 6.07) is 0. The standard InChI is InChI=1S/C8H10F6O4/c1-3-5(15,7(9,10)11)18-4(2)6(16,17-3)8(12,13)14/h3-4,15-16H,1-2H3. The molecule has 1 saturated heterocycles. The van der Waals surface area contributed by atoms with E-state index in [1.54, 1.807) is 0 Å². The molecule has 0 aliphatic carbocycles. The van der Waals surface area contributed by atoms with Crippen LogP contribution in [-0.2, 0) is 9.47 Å². The zero-order valence-electron chi connectivity index (χ0n) is 9.13. The SMILES string of the molecule is CC1OC(O)(C(F)(F)F)C(C)OC1(O)C(F)(F)F. The summed E-state index contributed by atoms with van der Waals surface area (Å²) >= 11 is 0. The fourth-order valence-corrected chi connectivity index (χ4v) is 1.48. The monoisotopic (exact) mass is 284 g/mol. The van der Waals surface area contributed by atoms with E-state index in [1.165, 1.54) is 0 Å². The maximum atomic E-state index is 12.5. The summed E-state index contributed by atoms with van der Waals surface area (Å²) in [6.07, 6.45) is -15.7. The first kappa shape index (κ1) is 15.5. The zero-order chi connectivity index (χ0) is 14.6. The molecule has 10 heteroatoms. The number of alkyl halides is 6. The van der Waals surface area contributed by atoms with E-state index < -0.39 is 36.1 Å². The van der Waals surface area contributed by atoms with Gasteiger partial charge in [-0.25, -0.2) is 0 Å². The first-order chi connectivity index (χ1) is 7.76. The summed E-state index contributed by atoms with van der Waals surface area (Å²) in [7, 11) is 0. The van der Waals surface area contributed by atoms with E-state index in [9.17, 15) is 36.6 Å². The molecule has 1 heterocycles. The van der Waals surface area contributed by atoms with Gasteiger partial charge in [0.25, 0.3) is 11.6 Å². The molecule has 0 amide bonds. The van der Waals surface area contributed by atoms with Crippen LogP contribution in [0.25, 0.3) is 0 Å². The van der Waals surface area contributed by atoms with Gasteiger partial charge in [0.15, 0.2) is 0 Å². The van der Waals surface area contributed by atoms with E-state index >= 15 is 0 Å². The Hall–Kier alpha value is -0.580. The minimum atomic E-state index is -5.37. The molecule has 108 valence electrons. The second-order valence-corrected chi connectivity index (χ2v) is 3.91. The molecule has 0 bridgehead atoms. The van der Waals surface area contributed by atoms with Crippen LogP contribution in [0.5, 0.6) is 0 Å². The summed E-state index contributed by atoms with van der Waals surface area (Å²) in [5.41, 5.74) is 0. The molecule has 0 aromatic rings. The molecule has 1 aliphatic rings. The van der Waals surface area contributed by atoms with Crippen LogP contribution in [0.3, 0.4) is 0 Å². The van der Waals surface area contributed by atoms with Gasteiger partial charge < -0.3 is 19.7 Å². The zero-order valence-corrected chi connectivity index (χ0v) is 9.13. The van der Waals surface area contributed by atoms with Crippen molar-refractivity contribution >= 4 is 0 Å². The lowest BCUT2D eigenvalue weighted by molar-refractivity contribution is -0.512. The van der Waals surface area contributed by atoms with Crippen molar-refractivity contribution in [3.05, 3.63) is 0 Å². The van der Waals surface area contributed by atoms with E-state index in [0.717, 1.165) is 0 Å². The third-order valence-electron chi connectivity index (χ3n) is 2.63. The Morgan fingerprint density at radius 3 is 1.17 bits per heavy atom. The fraction of sp³-hybridized carbons (Fsp3) is 1.00. The first-order valence-corrected chi connectivity index (χ1v) is 4.69. The maximum Gasteiger partial charge on any atom is 0.445 e. The van der Waals surface area contributed by atoms with Crippen molar-refractivity contribution in [1.82, 2.24) is 0 Å². The minimum Gasteiger partial charge on any atom is -0.356 e. The van der Waals surface area contributed by atoms with Crippen molar-refractivity contribution in [2.24, 2.45) is 0 Å². The van der Waals surface area contributed by atoms with Crippen molar-refractivity contribution in [1.29, 1.82) is 0 Å². The van der Waals surface area contributed by atoms with Crippen LogP contribution in [0.2, 0.25) is 0 Å². The summed E-state index contributed by atoms with van der Waals surface area (Å²) in [6.45, 7) is 1.02. The topological polar surface area (TPSA) is 58.9 Å². The van der Waals surface area contributed by atoms with Crippen LogP contribution < -0.4 is 0 Å². The lowest BCUT2D eigenvalue weighted by atomic mass is 10.0. The Labute approximate surface area is 97.1 Å². The molecule has 0 aromatic carbocycles. The van der Waals surface area contributed by atoms with Crippen molar-refractivity contribution < 1.29 is 46.0 Å². The van der Waals surface area contributed by atoms with E-state index in [2.05, 4.69) is 9.47 Å². The maximum absolute atomic E-state index is 12.5. The lowest BCUT2D eigenvalue weighted by Crippen LogP contribution is -2.71. The molecule has 18 heavy (non-hydrogen) atoms. The molecule has 0 radical (unpaired) electrons. The molecule has 0 aromatic heterocycles. The highest BCUT2D eigenvalue weighted by Gasteiger charge is 2.72. The van der Waals surface area contributed by atoms with Crippen LogP contribution >= 0.6 is 0 Å². The van der Waals surface area contributed by atoms with Crippen LogP contribution in [0.4, 0.5) is 26.3 Å². The molecular formula is C8H10F6O4. The van der Waals surface area contributed by atoms with E-state index in [0.29, 0.717) is 13.8 Å². The molecular weight excluding hydrogens is 274 g/mol. The Morgan fingerprint density at radius 2 is 1.00 bits per heavy atom. The molecule has 1 aliphatic heterocycles. The Kier molecular flexibility index (Phi) is 3.40. The highest BCUT2D eigenvalue weighted by Crippen LogP contribution is 2.47. The molecule has 4 nitrogen and oxygen atoms in total. The van der Waals surface area contributed by atoms with Gasteiger partial charge in [0.1, 0.15) is 12.2 Å². The normalized spacial score (nSPS) is 43.0. The number of ether oxygens (including phenoxy) is 2. The van der Waals surface area contributed by atoms with Crippen molar-refractivity contribution in [3.8, 4) is 0 Å². The number of aliphatic hydroxyl groups is 2. The van der Waals surface area contributed by atoms with Gasteiger partial charge in [-0.15, -0.1) is 0 Å². The second-order valence-electron chi connectivity index (χ2n) is 3.91. The van der Waals surface area contributed by atoms with Crippen LogP contribution in [0.15, 0.2) is 0 Å². The first-order valence-electron chi connectivity index (χ1n) is 4.69. The number of hydrogen-bond acceptors (Lipinski definition) is 4. The van der Waals surface area contributed by atoms with Gasteiger partial charge in [0.05, 0.1) is 0 Å². The molecule has 1 fully saturated rings. The molecule has 2 N–H and O–H groups in total. The quantitative estimate of drug-likeness (QED) is 0.659. The van der Waals surface area contributed by atoms with Gasteiger partial charge >= 0.3 is 12.4 Å². The van der Waals surface area contributed by atoms with Crippen molar-refractivity contribution in [2.45, 2.75) is 50.0 Å². The summed E-state index contributed by atoms with van der Waals surface area (Å²) in [5.74, 6) is -7.83. The molecule has 4 atom stereocenters. The van der Waals surface area contributed by atoms with Crippen LogP contribution in [0, 0.1) is 0 Å². The van der Waals surface area contributed by atoms with Gasteiger partial charge in [-0.1, -0.05) is 0 Å². The Morgan fingerprint density at radius 1 is 0.778 bits per heavy atom. The van der Waals surface area contributed by atoms with Crippen molar-refractivity contribution in [2.75, 3.05) is 0 Å². The third-order valence-corrected chi connectivity index (χ3v) is 2.63. The highest BCUT2D eigenvalue weighted by molar-refractivity contribution is 4.96. The largest absolute Gasteiger partial charge is 0.445 e. The predicted molar refractivity (Wildman–Crippen MR) is 43.1 cm³/mol. The van der Waals surface area contributed by atoms with Gasteiger partial charge in [-0.3, -0.25) is 0 Å². The number of rotatable bonds is 0. The molecule has 0 spiro atoms. The predicted octanol–water partition coefficient (Wildman–Crippen LogP) is 1.31. The smallest absolute Gasteiger partial charge is 0.356 e. The van der Waals surface area contributed by atoms with Crippen LogP contribution in [0.1, 0.15) is 13.8 Å². The second kappa shape index (κ2) is 3.95. The van der Waals surface area contributed by atoms with Crippen LogP contribution in [-0.4, -0.2) is 46.3 Å². The van der Waals surface area contributed by atoms with Crippen molar-refractivity contribution in [3.63, 3.8) is 0 Å². The summed E-state index contributed by atoms with van der Waals surface area (Å²) < 4.78 is 82.7. The minimum absolute atomic E-state index is 0.510. The van der Waals surface area contributed by atoms with E-state index in [1.807, 2.05) is 0 Å². The average molecular weight is 284 g/mol. The van der Waals surface area contributed by atoms with E-state index in [-0.39, 0.29) is 0 Å². The summed E-state index contributed by atoms with van der Waals surface area (Å²) in [5, 5.41) is 18.4. The lowest BCUT2D eigenvalue weighted by Gasteiger charge is -2.48. The highest BCUT2D eigenvalue weighted by atomic mass is 19.4. The summed E-state index contributed by atoms with van der Waals surface area (Å²) in [4.78, 5) is 0. The molecule has 4 unspecified atom stereocenters. The van der Waals surface area contributed by atoms with E-state index in [4.69, 9.17) is 0 Å². The average Bonchev–Trinajstić information content (AvgIpc) is 2.11. The number of hydrogen-bond donors (Lipinski definition) is 2. The number of halogens is 6. The fourth-order valence-electron chi connectivity index (χ4n) is 1.48. The third kappa shape index (κ3) is 2.06. The Balaban J connectivity index is 3.11. The van der Waals surface area contributed by atoms with Gasteiger partial charge in [-0.05, 0) is 13.8 Å². The Bertz CT molecular complexity index is 297. The van der Waals surface area contributed by atoms with Gasteiger partial charge in [-0.2, -0.15) is 26.3 Å². The van der Waals surface area contributed by atoms with Gasteiger partial charge in [0, 0.05) is 0 Å². The molecule has 0 saturated carbocycles. The molecule has 1 rings (SSSR count). The van der Waals surface area contributed by atoms with Gasteiger partial charge in [0.2, 0.25) is 0 Å².